The van der Waals surface area contributed by atoms with Crippen molar-refractivity contribution in [2.24, 2.45) is 0 Å². The largest absolute Gasteiger partial charge is 0.507 e. The van der Waals surface area contributed by atoms with Gasteiger partial charge in [0, 0.05) is 11.6 Å². The fourth-order valence-corrected chi connectivity index (χ4v) is 2.18. The molecule has 0 unspecified atom stereocenters. The summed E-state index contributed by atoms with van der Waals surface area (Å²) < 4.78 is 1.65. The number of aldehydes is 1. The SMILES string of the molecule is O=Cc1cc(-c2ccnn2-c2ccccc2)c(O)cc1O. The first-order valence-electron chi connectivity index (χ1n) is 6.31. The Morgan fingerprint density at radius 1 is 1.00 bits per heavy atom. The summed E-state index contributed by atoms with van der Waals surface area (Å²) >= 11 is 0. The van der Waals surface area contributed by atoms with Crippen molar-refractivity contribution in [2.45, 2.75) is 0 Å². The predicted molar refractivity (Wildman–Crippen MR) is 77.7 cm³/mol. The Hall–Kier alpha value is -3.08. The molecule has 0 amide bonds. The van der Waals surface area contributed by atoms with Crippen LogP contribution in [0.3, 0.4) is 0 Å². The first kappa shape index (κ1) is 12.9. The lowest BCUT2D eigenvalue weighted by Crippen LogP contribution is -1.99. The van der Waals surface area contributed by atoms with Crippen LogP contribution in [-0.2, 0) is 0 Å². The van der Waals surface area contributed by atoms with Gasteiger partial charge in [-0.25, -0.2) is 4.68 Å². The average molecular weight is 280 g/mol. The molecule has 0 fully saturated rings. The second-order valence-corrected chi connectivity index (χ2v) is 4.51. The predicted octanol–water partition coefficient (Wildman–Crippen LogP) is 2.76. The molecule has 0 saturated heterocycles. The van der Waals surface area contributed by atoms with Crippen LogP contribution in [0.15, 0.2) is 54.7 Å². The fraction of sp³-hybridized carbons (Fsp3) is 0. The van der Waals surface area contributed by atoms with E-state index in [-0.39, 0.29) is 17.1 Å². The van der Waals surface area contributed by atoms with Crippen LogP contribution in [0.2, 0.25) is 0 Å². The highest BCUT2D eigenvalue weighted by molar-refractivity contribution is 5.84. The number of benzene rings is 2. The van der Waals surface area contributed by atoms with E-state index < -0.39 is 0 Å². The zero-order chi connectivity index (χ0) is 14.8. The third-order valence-electron chi connectivity index (χ3n) is 3.19. The summed E-state index contributed by atoms with van der Waals surface area (Å²) in [5.41, 5.74) is 2.00. The molecule has 0 radical (unpaired) electrons. The van der Waals surface area contributed by atoms with Gasteiger partial charge in [0.1, 0.15) is 11.5 Å². The van der Waals surface area contributed by atoms with Crippen LogP contribution in [0.1, 0.15) is 10.4 Å². The summed E-state index contributed by atoms with van der Waals surface area (Å²) in [5, 5.41) is 23.9. The standard InChI is InChI=1S/C16H12N2O3/c19-10-11-8-13(16(21)9-15(11)20)14-6-7-17-18(14)12-4-2-1-3-5-12/h1-10,20-21H. The van der Waals surface area contributed by atoms with Crippen LogP contribution in [0.4, 0.5) is 0 Å². The van der Waals surface area contributed by atoms with Crippen LogP contribution >= 0.6 is 0 Å². The molecule has 0 bridgehead atoms. The highest BCUT2D eigenvalue weighted by Crippen LogP contribution is 2.35. The molecule has 1 heterocycles. The molecular weight excluding hydrogens is 268 g/mol. The van der Waals surface area contributed by atoms with Crippen molar-refractivity contribution >= 4 is 6.29 Å². The number of aromatic hydroxyl groups is 2. The number of carbonyl (C=O) groups is 1. The number of carbonyl (C=O) groups excluding carboxylic acids is 1. The molecule has 0 atom stereocenters. The lowest BCUT2D eigenvalue weighted by Gasteiger charge is -2.10. The molecule has 2 N–H and O–H groups in total. The van der Waals surface area contributed by atoms with Crippen LogP contribution in [0.5, 0.6) is 11.5 Å². The Morgan fingerprint density at radius 3 is 2.48 bits per heavy atom. The fourth-order valence-electron chi connectivity index (χ4n) is 2.18. The summed E-state index contributed by atoms with van der Waals surface area (Å²) in [5.74, 6) is -0.368. The highest BCUT2D eigenvalue weighted by Gasteiger charge is 2.14. The number of rotatable bonds is 3. The van der Waals surface area contributed by atoms with Gasteiger partial charge in [0.15, 0.2) is 6.29 Å². The Bertz CT molecular complexity index is 795. The minimum absolute atomic E-state index is 0.114. The van der Waals surface area contributed by atoms with E-state index in [1.54, 1.807) is 16.9 Å². The molecular formula is C16H12N2O3. The monoisotopic (exact) mass is 280 g/mol. The van der Waals surface area contributed by atoms with Crippen LogP contribution in [-0.4, -0.2) is 26.3 Å². The van der Waals surface area contributed by atoms with Crippen molar-refractivity contribution in [1.29, 1.82) is 0 Å². The number of para-hydroxylation sites is 1. The van der Waals surface area contributed by atoms with Gasteiger partial charge in [0.25, 0.3) is 0 Å². The summed E-state index contributed by atoms with van der Waals surface area (Å²) in [4.78, 5) is 11.0. The maximum Gasteiger partial charge on any atom is 0.153 e. The molecule has 0 aliphatic rings. The number of aromatic nitrogens is 2. The van der Waals surface area contributed by atoms with Crippen molar-refractivity contribution in [3.05, 3.63) is 60.3 Å². The molecule has 0 aliphatic carbocycles. The minimum atomic E-state index is -0.253. The van der Waals surface area contributed by atoms with Gasteiger partial charge >= 0.3 is 0 Å². The van der Waals surface area contributed by atoms with Gasteiger partial charge in [-0.3, -0.25) is 4.79 Å². The van der Waals surface area contributed by atoms with Gasteiger partial charge in [0.05, 0.1) is 23.1 Å². The Morgan fingerprint density at radius 2 is 1.76 bits per heavy atom. The maximum absolute atomic E-state index is 11.0. The van der Waals surface area contributed by atoms with Crippen LogP contribution in [0.25, 0.3) is 16.9 Å². The zero-order valence-corrected chi connectivity index (χ0v) is 11.0. The molecule has 0 aliphatic heterocycles. The first-order chi connectivity index (χ1) is 10.2. The second kappa shape index (κ2) is 5.13. The van der Waals surface area contributed by atoms with Crippen LogP contribution < -0.4 is 0 Å². The molecule has 104 valence electrons. The third kappa shape index (κ3) is 2.25. The Balaban J connectivity index is 2.19. The lowest BCUT2D eigenvalue weighted by atomic mass is 10.1. The Labute approximate surface area is 120 Å². The third-order valence-corrected chi connectivity index (χ3v) is 3.19. The Kier molecular flexibility index (Phi) is 3.16. The summed E-state index contributed by atoms with van der Waals surface area (Å²) in [6.45, 7) is 0. The van der Waals surface area contributed by atoms with Crippen molar-refractivity contribution in [2.75, 3.05) is 0 Å². The molecule has 5 heteroatoms. The van der Waals surface area contributed by atoms with E-state index in [4.69, 9.17) is 0 Å². The van der Waals surface area contributed by atoms with Gasteiger partial charge in [-0.2, -0.15) is 5.10 Å². The van der Waals surface area contributed by atoms with Crippen molar-refractivity contribution < 1.29 is 15.0 Å². The summed E-state index contributed by atoms with van der Waals surface area (Å²) in [6.07, 6.45) is 2.15. The number of hydrogen-bond acceptors (Lipinski definition) is 4. The molecule has 1 aromatic heterocycles. The van der Waals surface area contributed by atoms with Gasteiger partial charge in [-0.1, -0.05) is 18.2 Å². The van der Waals surface area contributed by atoms with E-state index >= 15 is 0 Å². The lowest BCUT2D eigenvalue weighted by molar-refractivity contribution is 0.112. The average Bonchev–Trinajstić information content (AvgIpc) is 2.97. The zero-order valence-electron chi connectivity index (χ0n) is 11.0. The van der Waals surface area contributed by atoms with E-state index in [0.717, 1.165) is 11.8 Å². The molecule has 3 aromatic rings. The molecule has 5 nitrogen and oxygen atoms in total. The van der Waals surface area contributed by atoms with Crippen LogP contribution in [0, 0.1) is 0 Å². The normalized spacial score (nSPS) is 10.5. The van der Waals surface area contributed by atoms with E-state index in [1.165, 1.54) is 6.07 Å². The van der Waals surface area contributed by atoms with Gasteiger partial charge in [-0.05, 0) is 24.3 Å². The topological polar surface area (TPSA) is 75.4 Å². The summed E-state index contributed by atoms with van der Waals surface area (Å²) in [6, 6.07) is 13.8. The molecule has 0 spiro atoms. The first-order valence-corrected chi connectivity index (χ1v) is 6.31. The van der Waals surface area contributed by atoms with Crippen molar-refractivity contribution in [1.82, 2.24) is 9.78 Å². The van der Waals surface area contributed by atoms with E-state index in [1.807, 2.05) is 30.3 Å². The molecule has 0 saturated carbocycles. The maximum atomic E-state index is 11.0. The van der Waals surface area contributed by atoms with E-state index in [2.05, 4.69) is 5.10 Å². The van der Waals surface area contributed by atoms with E-state index in [0.29, 0.717) is 17.5 Å². The van der Waals surface area contributed by atoms with Gasteiger partial charge in [0.2, 0.25) is 0 Å². The number of phenolic OH excluding ortho intramolecular Hbond substituents is 2. The molecule has 2 aromatic carbocycles. The van der Waals surface area contributed by atoms with E-state index in [9.17, 15) is 15.0 Å². The molecule has 21 heavy (non-hydrogen) atoms. The van der Waals surface area contributed by atoms with Crippen molar-refractivity contribution in [3.63, 3.8) is 0 Å². The number of hydrogen-bond donors (Lipinski definition) is 2. The number of nitrogens with zero attached hydrogens (tertiary/aromatic N) is 2. The van der Waals surface area contributed by atoms with Gasteiger partial charge < -0.3 is 10.2 Å². The van der Waals surface area contributed by atoms with Crippen molar-refractivity contribution in [3.8, 4) is 28.4 Å². The number of phenols is 2. The summed E-state index contributed by atoms with van der Waals surface area (Å²) in [7, 11) is 0. The van der Waals surface area contributed by atoms with Gasteiger partial charge in [-0.15, -0.1) is 0 Å². The quantitative estimate of drug-likeness (QED) is 0.723. The minimum Gasteiger partial charge on any atom is -0.507 e. The smallest absolute Gasteiger partial charge is 0.153 e. The second-order valence-electron chi connectivity index (χ2n) is 4.51. The highest BCUT2D eigenvalue weighted by atomic mass is 16.3. The molecule has 3 rings (SSSR count).